The van der Waals surface area contributed by atoms with Crippen molar-refractivity contribution in [2.75, 3.05) is 21.2 Å². The average Bonchev–Trinajstić information content (AvgIpc) is 2.77. The number of carbonyl (C=O) groups is 1. The van der Waals surface area contributed by atoms with Crippen molar-refractivity contribution in [1.82, 2.24) is 19.7 Å². The monoisotopic (exact) mass is 470 g/mol. The van der Waals surface area contributed by atoms with Crippen LogP contribution in [0.4, 0.5) is 4.79 Å². The van der Waals surface area contributed by atoms with Crippen molar-refractivity contribution in [2.24, 2.45) is 0 Å². The van der Waals surface area contributed by atoms with E-state index in [2.05, 4.69) is 10.1 Å². The quantitative estimate of drug-likeness (QED) is 0.439. The second-order valence-electron chi connectivity index (χ2n) is 7.43. The Morgan fingerprint density at radius 1 is 1.18 bits per heavy atom. The molecule has 0 spiro atoms. The van der Waals surface area contributed by atoms with Crippen LogP contribution in [0.2, 0.25) is 5.02 Å². The Hall–Kier alpha value is -4.05. The summed E-state index contributed by atoms with van der Waals surface area (Å²) in [4.78, 5) is 42.2. The normalized spacial score (nSPS) is 11.0. The van der Waals surface area contributed by atoms with Crippen molar-refractivity contribution >= 4 is 39.5 Å². The van der Waals surface area contributed by atoms with E-state index in [1.807, 2.05) is 0 Å². The lowest BCUT2D eigenvalue weighted by atomic mass is 10.1. The molecule has 10 nitrogen and oxygen atoms in total. The van der Waals surface area contributed by atoms with Crippen LogP contribution in [0, 0.1) is 0 Å². The molecule has 0 unspecified atom stereocenters. The minimum atomic E-state index is -0.691. The number of rotatable bonds is 4. The first kappa shape index (κ1) is 22.2. The third kappa shape index (κ3) is 4.08. The average molecular weight is 471 g/mol. The third-order valence-corrected chi connectivity index (χ3v) is 5.21. The largest absolute Gasteiger partial charge is 0.493 e. The van der Waals surface area contributed by atoms with E-state index in [1.165, 1.54) is 44.3 Å². The van der Waals surface area contributed by atoms with E-state index in [4.69, 9.17) is 21.1 Å². The molecule has 4 rings (SSSR count). The van der Waals surface area contributed by atoms with Crippen LogP contribution in [-0.2, 0) is 6.54 Å². The van der Waals surface area contributed by atoms with Gasteiger partial charge in [-0.05, 0) is 35.9 Å². The van der Waals surface area contributed by atoms with E-state index in [-0.39, 0.29) is 28.6 Å². The second-order valence-corrected chi connectivity index (χ2v) is 7.86. The topological polar surface area (TPSA) is 127 Å². The van der Waals surface area contributed by atoms with Crippen LogP contribution in [0.1, 0.15) is 5.56 Å². The number of nitrogens with one attached hydrogen (secondary N) is 1. The first-order valence-corrected chi connectivity index (χ1v) is 10.1. The lowest BCUT2D eigenvalue weighted by Gasteiger charge is -2.14. The van der Waals surface area contributed by atoms with Crippen molar-refractivity contribution in [3.05, 3.63) is 67.6 Å². The highest BCUT2D eigenvalue weighted by Gasteiger charge is 2.18. The minimum absolute atomic E-state index is 0.0775. The molecule has 2 heterocycles. The number of methoxy groups -OCH3 is 1. The van der Waals surface area contributed by atoms with Crippen LogP contribution in [0.5, 0.6) is 17.4 Å². The van der Waals surface area contributed by atoms with Crippen molar-refractivity contribution in [1.29, 1.82) is 0 Å². The molecule has 0 radical (unpaired) electrons. The summed E-state index contributed by atoms with van der Waals surface area (Å²) in [5, 5.41) is 14.8. The Bertz CT molecular complexity index is 1530. The number of fused-ring (bicyclic) bond motifs is 2. The van der Waals surface area contributed by atoms with E-state index in [0.29, 0.717) is 21.9 Å². The van der Waals surface area contributed by atoms with Crippen LogP contribution in [0.3, 0.4) is 0 Å². The maximum atomic E-state index is 13.1. The lowest BCUT2D eigenvalue weighted by Crippen LogP contribution is -2.28. The molecule has 2 N–H and O–H groups in total. The number of amides is 1. The second kappa shape index (κ2) is 8.47. The maximum absolute atomic E-state index is 13.1. The molecule has 0 aliphatic heterocycles. The maximum Gasteiger partial charge on any atom is 0.414 e. The van der Waals surface area contributed by atoms with Crippen LogP contribution in [-0.4, -0.2) is 52.1 Å². The van der Waals surface area contributed by atoms with Crippen molar-refractivity contribution in [3.63, 3.8) is 0 Å². The number of aromatic amines is 1. The van der Waals surface area contributed by atoms with E-state index in [9.17, 15) is 19.5 Å². The van der Waals surface area contributed by atoms with E-state index >= 15 is 0 Å². The van der Waals surface area contributed by atoms with E-state index in [1.54, 1.807) is 18.2 Å². The van der Waals surface area contributed by atoms with Gasteiger partial charge in [0.1, 0.15) is 10.9 Å². The van der Waals surface area contributed by atoms with Gasteiger partial charge in [0.25, 0.3) is 11.4 Å². The minimum Gasteiger partial charge on any atom is -0.493 e. The SMILES string of the molecule is COc1ccc(Cn2nc(O)c3[nH]c4cc(Cl)ccc4c(=O)c3c2=O)cc1OC(=O)N(C)C. The predicted octanol–water partition coefficient (Wildman–Crippen LogP) is 2.71. The summed E-state index contributed by atoms with van der Waals surface area (Å²) < 4.78 is 11.5. The summed E-state index contributed by atoms with van der Waals surface area (Å²) in [7, 11) is 4.50. The molecule has 2 aromatic carbocycles. The number of aromatic nitrogens is 3. The Morgan fingerprint density at radius 3 is 2.64 bits per heavy atom. The van der Waals surface area contributed by atoms with Crippen molar-refractivity contribution < 1.29 is 19.4 Å². The zero-order valence-electron chi connectivity index (χ0n) is 17.9. The van der Waals surface area contributed by atoms with Crippen LogP contribution in [0.25, 0.3) is 21.8 Å². The smallest absolute Gasteiger partial charge is 0.414 e. The number of aromatic hydroxyl groups is 1. The molecule has 170 valence electrons. The number of ether oxygens (including phenoxy) is 2. The number of hydrogen-bond donors (Lipinski definition) is 2. The molecular weight excluding hydrogens is 452 g/mol. The molecule has 1 amide bonds. The number of benzene rings is 2. The number of carbonyl (C=O) groups excluding carboxylic acids is 1. The number of nitrogens with zero attached hydrogens (tertiary/aromatic N) is 3. The molecule has 0 saturated carbocycles. The van der Waals surface area contributed by atoms with Crippen molar-refractivity contribution in [2.45, 2.75) is 6.54 Å². The number of pyridine rings is 1. The summed E-state index contributed by atoms with van der Waals surface area (Å²) >= 11 is 5.98. The van der Waals surface area contributed by atoms with Crippen molar-refractivity contribution in [3.8, 4) is 17.4 Å². The van der Waals surface area contributed by atoms with Gasteiger partial charge in [-0.2, -0.15) is 0 Å². The first-order valence-electron chi connectivity index (χ1n) is 9.71. The Morgan fingerprint density at radius 2 is 1.94 bits per heavy atom. The van der Waals surface area contributed by atoms with Gasteiger partial charge in [0.2, 0.25) is 5.43 Å². The Balaban J connectivity index is 1.82. The van der Waals surface area contributed by atoms with Crippen LogP contribution < -0.4 is 20.5 Å². The summed E-state index contributed by atoms with van der Waals surface area (Å²) in [6, 6.07) is 9.31. The summed E-state index contributed by atoms with van der Waals surface area (Å²) in [6.45, 7) is -0.100. The fraction of sp³-hybridized carbons (Fsp3) is 0.182. The highest BCUT2D eigenvalue weighted by atomic mass is 35.5. The van der Waals surface area contributed by atoms with Gasteiger partial charge in [-0.25, -0.2) is 9.48 Å². The van der Waals surface area contributed by atoms with Crippen LogP contribution >= 0.6 is 11.6 Å². The predicted molar refractivity (Wildman–Crippen MR) is 123 cm³/mol. The van der Waals surface area contributed by atoms with E-state index in [0.717, 1.165) is 4.68 Å². The first-order chi connectivity index (χ1) is 15.7. The molecule has 0 saturated heterocycles. The number of halogens is 1. The molecule has 0 aliphatic carbocycles. The fourth-order valence-corrected chi connectivity index (χ4v) is 3.51. The fourth-order valence-electron chi connectivity index (χ4n) is 3.34. The zero-order chi connectivity index (χ0) is 23.9. The highest BCUT2D eigenvalue weighted by molar-refractivity contribution is 6.31. The lowest BCUT2D eigenvalue weighted by molar-refractivity contribution is 0.170. The Labute approximate surface area is 191 Å². The summed E-state index contributed by atoms with van der Waals surface area (Å²) in [6.07, 6.45) is -0.609. The van der Waals surface area contributed by atoms with Gasteiger partial charge < -0.3 is 24.5 Å². The number of H-pyrrole nitrogens is 1. The number of hydrogen-bond acceptors (Lipinski definition) is 7. The van der Waals surface area contributed by atoms with Gasteiger partial charge in [-0.15, -0.1) is 5.10 Å². The molecule has 2 aromatic heterocycles. The van der Waals surface area contributed by atoms with E-state index < -0.39 is 23.0 Å². The summed E-state index contributed by atoms with van der Waals surface area (Å²) in [5.41, 5.74) is -0.427. The molecule has 0 bridgehead atoms. The van der Waals surface area contributed by atoms with Gasteiger partial charge in [0.15, 0.2) is 11.5 Å². The molecule has 0 atom stereocenters. The standard InChI is InChI=1S/C22H19ClN4O6/c1-26(2)22(31)33-16-8-11(4-7-15(16)32-3)10-27-21(30)17-18(20(29)25-27)24-14-9-12(23)5-6-13(14)19(17)28/h4-9H,10H2,1-3H3,(H,24,28)(H,25,29). The molecule has 4 aromatic rings. The molecule has 33 heavy (non-hydrogen) atoms. The molecular formula is C22H19ClN4O6. The van der Waals surface area contributed by atoms with Gasteiger partial charge in [-0.3, -0.25) is 9.59 Å². The highest BCUT2D eigenvalue weighted by Crippen LogP contribution is 2.29. The van der Waals surface area contributed by atoms with Gasteiger partial charge in [-0.1, -0.05) is 17.7 Å². The third-order valence-electron chi connectivity index (χ3n) is 4.97. The van der Waals surface area contributed by atoms with Crippen LogP contribution in [0.15, 0.2) is 46.0 Å². The van der Waals surface area contributed by atoms with Gasteiger partial charge in [0, 0.05) is 24.5 Å². The molecule has 0 aliphatic rings. The molecule has 0 fully saturated rings. The molecule has 11 heteroatoms. The summed E-state index contributed by atoms with van der Waals surface area (Å²) in [5.74, 6) is -0.0546. The zero-order valence-corrected chi connectivity index (χ0v) is 18.6. The van der Waals surface area contributed by atoms with Gasteiger partial charge in [0.05, 0.1) is 19.2 Å². The Kier molecular flexibility index (Phi) is 5.69. The van der Waals surface area contributed by atoms with Gasteiger partial charge >= 0.3 is 6.09 Å².